The van der Waals surface area contributed by atoms with E-state index in [9.17, 15) is 0 Å². The fraction of sp³-hybridized carbons (Fsp3) is 0.0769. The maximum atomic E-state index is 6.16. The van der Waals surface area contributed by atoms with Crippen molar-refractivity contribution in [3.8, 4) is 28.5 Å². The topological polar surface area (TPSA) is 74.2 Å². The van der Waals surface area contributed by atoms with E-state index >= 15 is 0 Å². The van der Waals surface area contributed by atoms with Crippen LogP contribution in [0.5, 0.6) is 5.75 Å². The molecule has 2 N–H and O–H groups in total. The number of hydrogen-bond donors (Lipinski definition) is 1. The Morgan fingerprint density at radius 3 is 2.29 bits per heavy atom. The lowest BCUT2D eigenvalue weighted by Crippen LogP contribution is -2.05. The molecule has 2 heterocycles. The first kappa shape index (κ1) is 18.9. The number of furan rings is 1. The van der Waals surface area contributed by atoms with Crippen LogP contribution in [0.15, 0.2) is 89.3 Å². The van der Waals surface area contributed by atoms with Crippen molar-refractivity contribution in [2.75, 3.05) is 12.8 Å². The van der Waals surface area contributed by atoms with E-state index in [0.717, 1.165) is 39.1 Å². The Morgan fingerprint density at radius 1 is 0.839 bits per heavy atom. The second-order valence-electron chi connectivity index (χ2n) is 7.30. The standard InChI is InChI=1S/C26H21N3O2/c1-30-20-13-11-18(12-14-20)24-21(15-17-7-3-2-4-8-17)25(29-26(27)28-24)23-16-19-9-5-6-10-22(19)31-23/h2-14,16H,15H2,1H3,(H2,27,28,29). The summed E-state index contributed by atoms with van der Waals surface area (Å²) < 4.78 is 11.5. The van der Waals surface area contributed by atoms with Crippen LogP contribution >= 0.6 is 0 Å². The SMILES string of the molecule is COc1ccc(-c2nc(N)nc(-c3cc4ccccc4o3)c2Cc2ccccc2)cc1. The van der Waals surface area contributed by atoms with Gasteiger partial charge in [0.2, 0.25) is 5.95 Å². The molecule has 0 unspecified atom stereocenters. The quantitative estimate of drug-likeness (QED) is 0.402. The first-order valence-corrected chi connectivity index (χ1v) is 10.0. The second-order valence-corrected chi connectivity index (χ2v) is 7.30. The highest BCUT2D eigenvalue weighted by molar-refractivity contribution is 5.84. The lowest BCUT2D eigenvalue weighted by atomic mass is 9.96. The molecule has 5 heteroatoms. The Morgan fingerprint density at radius 2 is 1.55 bits per heavy atom. The summed E-state index contributed by atoms with van der Waals surface area (Å²) >= 11 is 0. The molecule has 0 saturated carbocycles. The van der Waals surface area contributed by atoms with Gasteiger partial charge < -0.3 is 14.9 Å². The van der Waals surface area contributed by atoms with Gasteiger partial charge in [-0.2, -0.15) is 0 Å². The van der Waals surface area contributed by atoms with Gasteiger partial charge in [0.25, 0.3) is 0 Å². The molecule has 0 bridgehead atoms. The second kappa shape index (κ2) is 7.95. The number of aromatic nitrogens is 2. The molecule has 0 saturated heterocycles. The number of rotatable bonds is 5. The first-order valence-electron chi connectivity index (χ1n) is 10.0. The normalized spacial score (nSPS) is 11.0. The first-order chi connectivity index (χ1) is 15.2. The molecule has 0 fully saturated rings. The minimum absolute atomic E-state index is 0.207. The lowest BCUT2D eigenvalue weighted by Gasteiger charge is -2.14. The van der Waals surface area contributed by atoms with E-state index in [0.29, 0.717) is 17.9 Å². The van der Waals surface area contributed by atoms with Crippen molar-refractivity contribution in [2.24, 2.45) is 0 Å². The van der Waals surface area contributed by atoms with E-state index in [1.807, 2.05) is 72.8 Å². The Kier molecular flexibility index (Phi) is 4.84. The van der Waals surface area contributed by atoms with E-state index in [2.05, 4.69) is 22.1 Å². The Hall–Kier alpha value is -4.12. The van der Waals surface area contributed by atoms with Gasteiger partial charge in [0.1, 0.15) is 17.0 Å². The van der Waals surface area contributed by atoms with Crippen molar-refractivity contribution in [3.05, 3.63) is 96.1 Å². The Balaban J connectivity index is 1.73. The zero-order chi connectivity index (χ0) is 21.2. The largest absolute Gasteiger partial charge is 0.497 e. The van der Waals surface area contributed by atoms with Crippen LogP contribution in [0.1, 0.15) is 11.1 Å². The van der Waals surface area contributed by atoms with Crippen LogP contribution in [0, 0.1) is 0 Å². The van der Waals surface area contributed by atoms with Crippen molar-refractivity contribution < 1.29 is 9.15 Å². The average molecular weight is 407 g/mol. The zero-order valence-corrected chi connectivity index (χ0v) is 17.1. The third-order valence-electron chi connectivity index (χ3n) is 5.27. The minimum Gasteiger partial charge on any atom is -0.497 e. The van der Waals surface area contributed by atoms with E-state index in [1.165, 1.54) is 0 Å². The molecule has 5 rings (SSSR count). The molecule has 0 amide bonds. The summed E-state index contributed by atoms with van der Waals surface area (Å²) in [6.07, 6.45) is 0.648. The molecular weight excluding hydrogens is 386 g/mol. The maximum absolute atomic E-state index is 6.16. The summed E-state index contributed by atoms with van der Waals surface area (Å²) in [5, 5.41) is 1.02. The van der Waals surface area contributed by atoms with Crippen molar-refractivity contribution in [2.45, 2.75) is 6.42 Å². The number of nitrogens with zero attached hydrogens (tertiary/aromatic N) is 2. The van der Waals surface area contributed by atoms with Crippen molar-refractivity contribution in [1.82, 2.24) is 9.97 Å². The number of methoxy groups -OCH3 is 1. The Bertz CT molecular complexity index is 1310. The van der Waals surface area contributed by atoms with Gasteiger partial charge in [-0.05, 0) is 42.0 Å². The van der Waals surface area contributed by atoms with Crippen LogP contribution < -0.4 is 10.5 Å². The fourth-order valence-corrected chi connectivity index (χ4v) is 3.76. The number of nitrogen functional groups attached to an aromatic ring is 1. The summed E-state index contributed by atoms with van der Waals surface area (Å²) in [4.78, 5) is 9.22. The molecule has 0 radical (unpaired) electrons. The molecule has 0 aliphatic rings. The highest BCUT2D eigenvalue weighted by Gasteiger charge is 2.20. The van der Waals surface area contributed by atoms with Gasteiger partial charge in [-0.1, -0.05) is 48.5 Å². The predicted molar refractivity (Wildman–Crippen MR) is 123 cm³/mol. The molecule has 5 aromatic rings. The molecular formula is C26H21N3O2. The average Bonchev–Trinajstić information content (AvgIpc) is 3.25. The number of para-hydroxylation sites is 1. The van der Waals surface area contributed by atoms with Gasteiger partial charge in [-0.25, -0.2) is 9.97 Å². The number of ether oxygens (including phenoxy) is 1. The molecule has 2 aromatic heterocycles. The van der Waals surface area contributed by atoms with E-state index in [4.69, 9.17) is 14.9 Å². The molecule has 0 aliphatic carbocycles. The molecule has 3 aromatic carbocycles. The molecule has 31 heavy (non-hydrogen) atoms. The van der Waals surface area contributed by atoms with Gasteiger partial charge in [0.05, 0.1) is 12.8 Å². The van der Waals surface area contributed by atoms with Crippen LogP contribution in [-0.4, -0.2) is 17.1 Å². The van der Waals surface area contributed by atoms with Crippen molar-refractivity contribution in [3.63, 3.8) is 0 Å². The number of fused-ring (bicyclic) bond motifs is 1. The number of hydrogen-bond acceptors (Lipinski definition) is 5. The van der Waals surface area contributed by atoms with E-state index < -0.39 is 0 Å². The van der Waals surface area contributed by atoms with Crippen LogP contribution in [-0.2, 0) is 6.42 Å². The van der Waals surface area contributed by atoms with Crippen LogP contribution in [0.3, 0.4) is 0 Å². The zero-order valence-electron chi connectivity index (χ0n) is 17.1. The van der Waals surface area contributed by atoms with E-state index in [1.54, 1.807) is 7.11 Å². The minimum atomic E-state index is 0.207. The third-order valence-corrected chi connectivity index (χ3v) is 5.27. The summed E-state index contributed by atoms with van der Waals surface area (Å²) in [5.74, 6) is 1.67. The van der Waals surface area contributed by atoms with Crippen LogP contribution in [0.25, 0.3) is 33.7 Å². The number of anilines is 1. The molecule has 0 aliphatic heterocycles. The highest BCUT2D eigenvalue weighted by Crippen LogP contribution is 2.35. The van der Waals surface area contributed by atoms with Crippen LogP contribution in [0.4, 0.5) is 5.95 Å². The van der Waals surface area contributed by atoms with Crippen LogP contribution in [0.2, 0.25) is 0 Å². The van der Waals surface area contributed by atoms with Gasteiger partial charge in [0.15, 0.2) is 5.76 Å². The highest BCUT2D eigenvalue weighted by atomic mass is 16.5. The summed E-state index contributed by atoms with van der Waals surface area (Å²) in [7, 11) is 1.65. The molecule has 0 spiro atoms. The predicted octanol–water partition coefficient (Wildman–Crippen LogP) is 5.74. The Labute approximate surface area is 180 Å². The monoisotopic (exact) mass is 407 g/mol. The molecule has 5 nitrogen and oxygen atoms in total. The van der Waals surface area contributed by atoms with E-state index in [-0.39, 0.29) is 5.95 Å². The lowest BCUT2D eigenvalue weighted by molar-refractivity contribution is 0.415. The van der Waals surface area contributed by atoms with Gasteiger partial charge >= 0.3 is 0 Å². The number of nitrogens with two attached hydrogens (primary N) is 1. The third kappa shape index (κ3) is 3.73. The fourth-order valence-electron chi connectivity index (χ4n) is 3.76. The van der Waals surface area contributed by atoms with Gasteiger partial charge in [-0.15, -0.1) is 0 Å². The molecule has 0 atom stereocenters. The summed E-state index contributed by atoms with van der Waals surface area (Å²) in [6, 6.07) is 28.0. The summed E-state index contributed by atoms with van der Waals surface area (Å²) in [6.45, 7) is 0. The van der Waals surface area contributed by atoms with Gasteiger partial charge in [0, 0.05) is 22.9 Å². The smallest absolute Gasteiger partial charge is 0.221 e. The van der Waals surface area contributed by atoms with Crippen molar-refractivity contribution in [1.29, 1.82) is 0 Å². The van der Waals surface area contributed by atoms with Crippen molar-refractivity contribution >= 4 is 16.9 Å². The number of benzene rings is 3. The van der Waals surface area contributed by atoms with Gasteiger partial charge in [-0.3, -0.25) is 0 Å². The maximum Gasteiger partial charge on any atom is 0.221 e. The molecule has 152 valence electrons. The summed E-state index contributed by atoms with van der Waals surface area (Å²) in [5.41, 5.74) is 11.5.